The topological polar surface area (TPSA) is 58.9 Å². The van der Waals surface area contributed by atoms with Gasteiger partial charge in [0.2, 0.25) is 0 Å². The van der Waals surface area contributed by atoms with Crippen LogP contribution in [0.4, 0.5) is 0 Å². The molecule has 180 valence electrons. The van der Waals surface area contributed by atoms with Crippen LogP contribution in [-0.4, -0.2) is 35.5 Å². The first kappa shape index (κ1) is 25.1. The third kappa shape index (κ3) is 4.99. The first-order valence-corrected chi connectivity index (χ1v) is 13.1. The second-order valence-corrected chi connectivity index (χ2v) is 10.2. The first-order chi connectivity index (χ1) is 16.1. The summed E-state index contributed by atoms with van der Waals surface area (Å²) < 4.78 is 27.1. The van der Waals surface area contributed by atoms with Crippen molar-refractivity contribution in [3.8, 4) is 5.75 Å². The van der Waals surface area contributed by atoms with E-state index in [0.29, 0.717) is 19.0 Å². The summed E-state index contributed by atoms with van der Waals surface area (Å²) in [5, 5.41) is 1.11. The maximum atomic E-state index is 12.0. The lowest BCUT2D eigenvalue weighted by Crippen LogP contribution is -2.41. The fraction of sp³-hybridized carbons (Fsp3) is 0.423. The number of fused-ring (bicyclic) bond motifs is 1. The Morgan fingerprint density at radius 3 is 2.47 bits per heavy atom. The minimum Gasteiger partial charge on any atom is -0.489 e. The Bertz CT molecular complexity index is 1170. The van der Waals surface area contributed by atoms with Gasteiger partial charge in [-0.3, -0.25) is 4.79 Å². The predicted molar refractivity (Wildman–Crippen MR) is 143 cm³/mol. The number of para-hydroxylation sites is 1. The van der Waals surface area contributed by atoms with Crippen LogP contribution < -0.4 is 10.2 Å². The number of halogens is 1. The van der Waals surface area contributed by atoms with Crippen molar-refractivity contribution in [3.05, 3.63) is 59.8 Å². The fourth-order valence-corrected chi connectivity index (χ4v) is 4.65. The summed E-state index contributed by atoms with van der Waals surface area (Å²) in [6, 6.07) is 14.0. The van der Waals surface area contributed by atoms with E-state index in [1.54, 1.807) is 6.92 Å². The van der Waals surface area contributed by atoms with Gasteiger partial charge in [-0.2, -0.15) is 0 Å². The van der Waals surface area contributed by atoms with Gasteiger partial charge in [0.15, 0.2) is 0 Å². The molecule has 0 unspecified atom stereocenters. The number of aromatic nitrogens is 1. The van der Waals surface area contributed by atoms with Gasteiger partial charge in [0.05, 0.1) is 28.8 Å². The maximum Gasteiger partial charge on any atom is 0.495 e. The molecule has 0 spiro atoms. The van der Waals surface area contributed by atoms with Gasteiger partial charge in [-0.05, 0) is 69.2 Å². The number of benzene rings is 2. The number of hydrogen-bond donors (Lipinski definition) is 0. The van der Waals surface area contributed by atoms with E-state index in [9.17, 15) is 4.79 Å². The van der Waals surface area contributed by atoms with Crippen LogP contribution in [0.1, 0.15) is 45.7 Å². The van der Waals surface area contributed by atoms with Crippen molar-refractivity contribution in [2.75, 3.05) is 6.61 Å². The van der Waals surface area contributed by atoms with Crippen LogP contribution in [0.25, 0.3) is 10.9 Å². The third-order valence-electron chi connectivity index (χ3n) is 6.62. The summed E-state index contributed by atoms with van der Waals surface area (Å²) in [6.07, 6.45) is 2.27. The Morgan fingerprint density at radius 1 is 1.09 bits per heavy atom. The zero-order valence-corrected chi connectivity index (χ0v) is 22.5. The number of carbonyl (C=O) groups excluding carboxylic acids is 1. The molecule has 1 saturated heterocycles. The van der Waals surface area contributed by atoms with E-state index in [1.807, 2.05) is 24.3 Å². The van der Waals surface area contributed by atoms with Crippen LogP contribution in [0.5, 0.6) is 5.75 Å². The molecule has 4 rings (SSSR count). The third-order valence-corrected chi connectivity index (χ3v) is 7.36. The largest absolute Gasteiger partial charge is 0.495 e. The molecule has 6 nitrogen and oxygen atoms in total. The van der Waals surface area contributed by atoms with E-state index in [-0.39, 0.29) is 12.4 Å². The van der Waals surface area contributed by atoms with Crippen molar-refractivity contribution < 1.29 is 23.6 Å². The Kier molecular flexibility index (Phi) is 7.31. The highest BCUT2D eigenvalue weighted by Gasteiger charge is 2.52. The van der Waals surface area contributed by atoms with E-state index in [2.05, 4.69) is 79.2 Å². The number of rotatable bonds is 8. The summed E-state index contributed by atoms with van der Waals surface area (Å²) in [7, 11) is -0.464. The van der Waals surface area contributed by atoms with Crippen molar-refractivity contribution in [2.24, 2.45) is 0 Å². The molecule has 3 aromatic rings. The van der Waals surface area contributed by atoms with Gasteiger partial charge in [0, 0.05) is 17.3 Å². The number of hydrogen-bond acceptors (Lipinski definition) is 5. The van der Waals surface area contributed by atoms with E-state index < -0.39 is 18.3 Å². The number of carbonyl (C=O) groups is 1. The molecule has 2 heterocycles. The fourth-order valence-electron chi connectivity index (χ4n) is 4.06. The zero-order valence-electron chi connectivity index (χ0n) is 20.4. The minimum atomic E-state index is -0.464. The predicted octanol–water partition coefficient (Wildman–Crippen LogP) is 5.02. The van der Waals surface area contributed by atoms with Crippen LogP contribution in [0.15, 0.2) is 48.7 Å². The highest BCUT2D eigenvalue weighted by atomic mass is 127. The molecule has 0 amide bonds. The lowest BCUT2D eigenvalue weighted by atomic mass is 9.76. The molecule has 0 N–H and O–H groups in total. The average Bonchev–Trinajstić information content (AvgIpc) is 3.29. The van der Waals surface area contributed by atoms with Gasteiger partial charge < -0.3 is 23.3 Å². The normalized spacial score (nSPS) is 16.7. The van der Waals surface area contributed by atoms with Crippen molar-refractivity contribution in [1.29, 1.82) is 0 Å². The molecule has 1 aromatic heterocycles. The number of alkyl halides is 1. The molecule has 2 aromatic carbocycles. The molecule has 0 radical (unpaired) electrons. The van der Waals surface area contributed by atoms with E-state index in [1.165, 1.54) is 0 Å². The lowest BCUT2D eigenvalue weighted by Gasteiger charge is -2.32. The smallest absolute Gasteiger partial charge is 0.489 e. The molecule has 0 bridgehead atoms. The SMILES string of the molecule is CCOC(=O)Cc1ccccc1OCc1cc(B2OC(C)(C)C(C)(C)O2)c2ccn(CI)c2c1. The second-order valence-electron chi connectivity index (χ2n) is 9.49. The monoisotopic (exact) mass is 575 g/mol. The molecule has 1 aliphatic rings. The Morgan fingerprint density at radius 2 is 1.79 bits per heavy atom. The number of nitrogens with zero attached hydrogens (tertiary/aromatic N) is 1. The highest BCUT2D eigenvalue weighted by molar-refractivity contribution is 14.1. The van der Waals surface area contributed by atoms with E-state index in [0.717, 1.165) is 32.0 Å². The van der Waals surface area contributed by atoms with Crippen LogP contribution >= 0.6 is 22.6 Å². The molecule has 1 fully saturated rings. The van der Waals surface area contributed by atoms with Crippen molar-refractivity contribution in [3.63, 3.8) is 0 Å². The molecule has 0 saturated carbocycles. The van der Waals surface area contributed by atoms with Crippen LogP contribution in [0.2, 0.25) is 0 Å². The first-order valence-electron chi connectivity index (χ1n) is 11.5. The van der Waals surface area contributed by atoms with Gasteiger partial charge in [-0.25, -0.2) is 0 Å². The summed E-state index contributed by atoms with van der Waals surface area (Å²) in [5.41, 5.74) is 3.08. The van der Waals surface area contributed by atoms with Gasteiger partial charge in [-0.1, -0.05) is 46.9 Å². The summed E-state index contributed by atoms with van der Waals surface area (Å²) >= 11 is 2.36. The molecular formula is C26H31BINO5. The van der Waals surface area contributed by atoms with Gasteiger partial charge in [-0.15, -0.1) is 0 Å². The second kappa shape index (κ2) is 9.91. The average molecular weight is 575 g/mol. The Hall–Kier alpha value is -2.04. The molecule has 1 aliphatic heterocycles. The van der Waals surface area contributed by atoms with Crippen LogP contribution in [0, 0.1) is 0 Å². The Balaban J connectivity index is 1.64. The molecule has 8 heteroatoms. The van der Waals surface area contributed by atoms with Gasteiger partial charge >= 0.3 is 13.1 Å². The zero-order chi connectivity index (χ0) is 24.5. The summed E-state index contributed by atoms with van der Waals surface area (Å²) in [6.45, 7) is 10.8. The van der Waals surface area contributed by atoms with E-state index >= 15 is 0 Å². The summed E-state index contributed by atoms with van der Waals surface area (Å²) in [4.78, 5) is 12.0. The van der Waals surface area contributed by atoms with Crippen LogP contribution in [0.3, 0.4) is 0 Å². The summed E-state index contributed by atoms with van der Waals surface area (Å²) in [5.74, 6) is 0.417. The quantitative estimate of drug-likeness (QED) is 0.164. The molecule has 0 aliphatic carbocycles. The van der Waals surface area contributed by atoms with Crippen molar-refractivity contribution >= 4 is 52.0 Å². The van der Waals surface area contributed by atoms with Gasteiger partial charge in [0.1, 0.15) is 12.4 Å². The maximum absolute atomic E-state index is 12.0. The Labute approximate surface area is 215 Å². The number of esters is 1. The van der Waals surface area contributed by atoms with E-state index in [4.69, 9.17) is 18.8 Å². The van der Waals surface area contributed by atoms with Crippen molar-refractivity contribution in [2.45, 2.75) is 63.4 Å². The number of ether oxygens (including phenoxy) is 2. The molecular weight excluding hydrogens is 544 g/mol. The van der Waals surface area contributed by atoms with Gasteiger partial charge in [0.25, 0.3) is 0 Å². The lowest BCUT2D eigenvalue weighted by molar-refractivity contribution is -0.142. The molecule has 34 heavy (non-hydrogen) atoms. The molecule has 0 atom stereocenters. The highest BCUT2D eigenvalue weighted by Crippen LogP contribution is 2.37. The van der Waals surface area contributed by atoms with Crippen molar-refractivity contribution in [1.82, 2.24) is 4.57 Å². The van der Waals surface area contributed by atoms with Crippen LogP contribution in [-0.2, 0) is 36.4 Å². The standard InChI is InChI=1S/C26H31BINO5/c1-6-31-24(30)15-19-9-7-8-10-23(19)32-16-18-13-21(20-11-12-29(17-28)22(20)14-18)27-33-25(2,3)26(4,5)34-27/h7-14H,6,15-17H2,1-5H3. The minimum absolute atomic E-state index is 0.180.